The number of benzene rings is 1. The van der Waals surface area contributed by atoms with Gasteiger partial charge in [-0.2, -0.15) is 0 Å². The van der Waals surface area contributed by atoms with Crippen LogP contribution in [0.5, 0.6) is 0 Å². The Balaban J connectivity index is 2.04. The summed E-state index contributed by atoms with van der Waals surface area (Å²) in [6, 6.07) is 9.01. The van der Waals surface area contributed by atoms with E-state index in [1.54, 1.807) is 24.3 Å². The van der Waals surface area contributed by atoms with Crippen LogP contribution in [0.15, 0.2) is 36.0 Å². The first-order chi connectivity index (χ1) is 11.5. The van der Waals surface area contributed by atoms with Crippen molar-refractivity contribution in [1.29, 1.82) is 0 Å². The van der Waals surface area contributed by atoms with E-state index in [2.05, 4.69) is 16.2 Å². The van der Waals surface area contributed by atoms with E-state index in [0.717, 1.165) is 12.0 Å². The van der Waals surface area contributed by atoms with E-state index >= 15 is 0 Å². The standard InChI is InChI=1S/C17H21N3O4/c1-12(22)18-14(10-13-6-3-2-4-7-13)15(23)19-20-16(24)17(11-21)8-5-9-17/h2-4,6-7,10,21H,5,8-9,11H2,1H3,(H,18,22)(H,19,23)(H,20,24)/b14-10+. The second-order valence-corrected chi connectivity index (χ2v) is 5.85. The minimum absolute atomic E-state index is 0.0145. The molecule has 7 nitrogen and oxygen atoms in total. The van der Waals surface area contributed by atoms with Gasteiger partial charge < -0.3 is 10.4 Å². The Morgan fingerprint density at radius 2 is 1.83 bits per heavy atom. The summed E-state index contributed by atoms with van der Waals surface area (Å²) in [6.07, 6.45) is 3.55. The van der Waals surface area contributed by atoms with Gasteiger partial charge >= 0.3 is 0 Å². The van der Waals surface area contributed by atoms with E-state index in [1.165, 1.54) is 13.0 Å². The Bertz CT molecular complexity index is 646. The molecule has 0 unspecified atom stereocenters. The monoisotopic (exact) mass is 331 g/mol. The summed E-state index contributed by atoms with van der Waals surface area (Å²) in [6.45, 7) is 1.03. The molecule has 3 amide bonds. The van der Waals surface area contributed by atoms with Crippen molar-refractivity contribution in [2.75, 3.05) is 6.61 Å². The quantitative estimate of drug-likeness (QED) is 0.465. The molecule has 24 heavy (non-hydrogen) atoms. The van der Waals surface area contributed by atoms with Crippen LogP contribution >= 0.6 is 0 Å². The van der Waals surface area contributed by atoms with Gasteiger partial charge in [-0.25, -0.2) is 0 Å². The van der Waals surface area contributed by atoms with Gasteiger partial charge in [0.15, 0.2) is 0 Å². The minimum atomic E-state index is -0.815. The number of rotatable bonds is 5. The number of nitrogens with one attached hydrogen (secondary N) is 3. The Morgan fingerprint density at radius 3 is 2.33 bits per heavy atom. The molecule has 2 rings (SSSR count). The van der Waals surface area contributed by atoms with Crippen molar-refractivity contribution in [3.8, 4) is 0 Å². The molecule has 0 aromatic heterocycles. The summed E-state index contributed by atoms with van der Waals surface area (Å²) in [5.41, 5.74) is 4.54. The van der Waals surface area contributed by atoms with E-state index in [1.807, 2.05) is 6.07 Å². The molecule has 1 saturated carbocycles. The summed E-state index contributed by atoms with van der Waals surface area (Å²) >= 11 is 0. The molecule has 1 aliphatic rings. The molecule has 0 atom stereocenters. The highest BCUT2D eigenvalue weighted by Crippen LogP contribution is 2.40. The summed E-state index contributed by atoms with van der Waals surface area (Å²) in [4.78, 5) is 35.6. The van der Waals surface area contributed by atoms with Gasteiger partial charge in [-0.05, 0) is 24.5 Å². The third-order valence-corrected chi connectivity index (χ3v) is 4.05. The normalized spacial score (nSPS) is 15.8. The second kappa shape index (κ2) is 7.74. The van der Waals surface area contributed by atoms with Gasteiger partial charge in [0.1, 0.15) is 5.70 Å². The van der Waals surface area contributed by atoms with E-state index in [4.69, 9.17) is 0 Å². The topological polar surface area (TPSA) is 108 Å². The lowest BCUT2D eigenvalue weighted by molar-refractivity contribution is -0.142. The third-order valence-electron chi connectivity index (χ3n) is 4.05. The van der Waals surface area contributed by atoms with Gasteiger partial charge in [0.25, 0.3) is 5.91 Å². The maximum Gasteiger partial charge on any atom is 0.286 e. The lowest BCUT2D eigenvalue weighted by atomic mass is 9.69. The minimum Gasteiger partial charge on any atom is -0.395 e. The first-order valence-corrected chi connectivity index (χ1v) is 7.73. The number of hydrogen-bond donors (Lipinski definition) is 4. The van der Waals surface area contributed by atoms with E-state index < -0.39 is 23.1 Å². The SMILES string of the molecule is CC(=O)N/C(=C/c1ccccc1)C(=O)NNC(=O)C1(CO)CCC1. The number of hydrogen-bond acceptors (Lipinski definition) is 4. The fraction of sp³-hybridized carbons (Fsp3) is 0.353. The van der Waals surface area contributed by atoms with Crippen LogP contribution in [0, 0.1) is 5.41 Å². The number of carbonyl (C=O) groups excluding carboxylic acids is 3. The molecule has 1 aromatic carbocycles. The first kappa shape index (κ1) is 17.7. The van der Waals surface area contributed by atoms with Crippen molar-refractivity contribution >= 4 is 23.8 Å². The van der Waals surface area contributed by atoms with E-state index in [-0.39, 0.29) is 12.3 Å². The molecule has 7 heteroatoms. The van der Waals surface area contributed by atoms with Crippen LogP contribution in [0.4, 0.5) is 0 Å². The summed E-state index contributed by atoms with van der Waals surface area (Å²) in [5, 5.41) is 11.8. The zero-order valence-corrected chi connectivity index (χ0v) is 13.5. The molecular formula is C17H21N3O4. The molecule has 1 aromatic rings. The van der Waals surface area contributed by atoms with Crippen molar-refractivity contribution in [2.45, 2.75) is 26.2 Å². The molecule has 0 bridgehead atoms. The Kier molecular flexibility index (Phi) is 5.70. The first-order valence-electron chi connectivity index (χ1n) is 7.73. The smallest absolute Gasteiger partial charge is 0.286 e. The van der Waals surface area contributed by atoms with E-state index in [0.29, 0.717) is 12.8 Å². The van der Waals surface area contributed by atoms with Crippen LogP contribution in [0.1, 0.15) is 31.7 Å². The lowest BCUT2D eigenvalue weighted by Gasteiger charge is -2.38. The third kappa shape index (κ3) is 4.20. The molecule has 1 fully saturated rings. The summed E-state index contributed by atoms with van der Waals surface area (Å²) in [7, 11) is 0. The van der Waals surface area contributed by atoms with Gasteiger partial charge in [-0.15, -0.1) is 0 Å². The predicted octanol–water partition coefficient (Wildman–Crippen LogP) is 0.474. The van der Waals surface area contributed by atoms with Crippen LogP contribution in [0.25, 0.3) is 6.08 Å². The predicted molar refractivity (Wildman–Crippen MR) is 87.9 cm³/mol. The van der Waals surface area contributed by atoms with E-state index in [9.17, 15) is 19.5 Å². The highest BCUT2D eigenvalue weighted by Gasteiger charge is 2.43. The maximum atomic E-state index is 12.2. The number of carbonyl (C=O) groups is 3. The molecule has 128 valence electrons. The van der Waals surface area contributed by atoms with Gasteiger partial charge in [0.2, 0.25) is 11.8 Å². The van der Waals surface area contributed by atoms with Crippen molar-refractivity contribution in [3.05, 3.63) is 41.6 Å². The molecule has 4 N–H and O–H groups in total. The highest BCUT2D eigenvalue weighted by molar-refractivity contribution is 6.01. The van der Waals surface area contributed by atoms with Crippen LogP contribution < -0.4 is 16.2 Å². The largest absolute Gasteiger partial charge is 0.395 e. The molecule has 0 aliphatic heterocycles. The maximum absolute atomic E-state index is 12.2. The Hall–Kier alpha value is -2.67. The second-order valence-electron chi connectivity index (χ2n) is 5.85. The summed E-state index contributed by atoms with van der Waals surface area (Å²) in [5.74, 6) is -1.47. The van der Waals surface area contributed by atoms with Gasteiger partial charge in [0, 0.05) is 6.92 Å². The number of amides is 3. The average Bonchev–Trinajstić information content (AvgIpc) is 2.52. The van der Waals surface area contributed by atoms with Crippen LogP contribution in [-0.2, 0) is 14.4 Å². The Morgan fingerprint density at radius 1 is 1.17 bits per heavy atom. The number of aliphatic hydroxyl groups is 1. The number of aliphatic hydroxyl groups excluding tert-OH is 1. The fourth-order valence-corrected chi connectivity index (χ4v) is 2.44. The fourth-order valence-electron chi connectivity index (χ4n) is 2.44. The highest BCUT2D eigenvalue weighted by atomic mass is 16.3. The molecule has 0 saturated heterocycles. The van der Waals surface area contributed by atoms with Gasteiger partial charge in [-0.3, -0.25) is 25.2 Å². The molecule has 0 spiro atoms. The number of hydrazine groups is 1. The van der Waals surface area contributed by atoms with Crippen LogP contribution in [0.2, 0.25) is 0 Å². The van der Waals surface area contributed by atoms with Crippen molar-refractivity contribution in [1.82, 2.24) is 16.2 Å². The van der Waals surface area contributed by atoms with Crippen molar-refractivity contribution in [3.63, 3.8) is 0 Å². The zero-order valence-electron chi connectivity index (χ0n) is 13.5. The van der Waals surface area contributed by atoms with Crippen molar-refractivity contribution in [2.24, 2.45) is 5.41 Å². The molecule has 1 aliphatic carbocycles. The molecule has 0 radical (unpaired) electrons. The molecule has 0 heterocycles. The van der Waals surface area contributed by atoms with Gasteiger partial charge in [0.05, 0.1) is 12.0 Å². The molecular weight excluding hydrogens is 310 g/mol. The summed E-state index contributed by atoms with van der Waals surface area (Å²) < 4.78 is 0. The average molecular weight is 331 g/mol. The zero-order chi connectivity index (χ0) is 17.6. The lowest BCUT2D eigenvalue weighted by Crippen LogP contribution is -2.54. The van der Waals surface area contributed by atoms with Crippen LogP contribution in [-0.4, -0.2) is 29.4 Å². The van der Waals surface area contributed by atoms with Crippen LogP contribution in [0.3, 0.4) is 0 Å². The Labute approximate surface area is 140 Å². The van der Waals surface area contributed by atoms with Crippen molar-refractivity contribution < 1.29 is 19.5 Å². The van der Waals surface area contributed by atoms with Gasteiger partial charge in [-0.1, -0.05) is 36.8 Å².